The van der Waals surface area contributed by atoms with Crippen molar-refractivity contribution in [1.29, 1.82) is 0 Å². The molecule has 7 aromatic carbocycles. The van der Waals surface area contributed by atoms with Crippen LogP contribution in [0.5, 0.6) is 0 Å². The van der Waals surface area contributed by atoms with Crippen LogP contribution in [0.25, 0.3) is 10.8 Å². The number of benzene rings is 7. The smallest absolute Gasteiger partial charge is 0.200 e. The van der Waals surface area contributed by atoms with Gasteiger partial charge in [0.25, 0.3) is 0 Å². The molecule has 0 saturated heterocycles. The molecule has 0 aliphatic rings. The summed E-state index contributed by atoms with van der Waals surface area (Å²) in [7, 11) is -4.16. The van der Waals surface area contributed by atoms with E-state index in [1.807, 2.05) is 0 Å². The highest BCUT2D eigenvalue weighted by Gasteiger charge is 2.54. The second kappa shape index (κ2) is 20.4. The van der Waals surface area contributed by atoms with Crippen molar-refractivity contribution in [2.75, 3.05) is 0 Å². The molecule has 0 unspecified atom stereocenters. The van der Waals surface area contributed by atoms with Gasteiger partial charge in [0.15, 0.2) is 58.2 Å². The first-order chi connectivity index (χ1) is 33.3. The quantitative estimate of drug-likeness (QED) is 0.0335. The fourth-order valence-corrected chi connectivity index (χ4v) is 14.0. The van der Waals surface area contributed by atoms with E-state index < -0.39 is 146 Å². The van der Waals surface area contributed by atoms with Gasteiger partial charge in [-0.05, 0) is 56.2 Å². The zero-order chi connectivity index (χ0) is 51.0. The zero-order valence-corrected chi connectivity index (χ0v) is 38.0. The summed E-state index contributed by atoms with van der Waals surface area (Å²) in [6, 6.07) is 28.8. The van der Waals surface area contributed by atoms with Crippen molar-refractivity contribution < 1.29 is 65.9 Å². The van der Waals surface area contributed by atoms with E-state index in [0.29, 0.717) is 11.5 Å². The Labute approximate surface area is 393 Å². The molecule has 0 aliphatic heterocycles. The molecule has 0 bridgehead atoms. The van der Waals surface area contributed by atoms with E-state index in [1.54, 1.807) is 61.5 Å². The van der Waals surface area contributed by atoms with Crippen LogP contribution in [-0.2, 0) is 0 Å². The molecule has 0 heterocycles. The number of halogens is 15. The van der Waals surface area contributed by atoms with Gasteiger partial charge in [0, 0.05) is 11.1 Å². The molecule has 0 N–H and O–H groups in total. The third-order valence-electron chi connectivity index (χ3n) is 12.4. The van der Waals surface area contributed by atoms with Gasteiger partial charge < -0.3 is 0 Å². The maximum atomic E-state index is 17.6. The van der Waals surface area contributed by atoms with Crippen LogP contribution in [0.4, 0.5) is 65.9 Å². The minimum atomic E-state index is -5.76. The lowest BCUT2D eigenvalue weighted by Crippen LogP contribution is -2.65. The van der Waals surface area contributed by atoms with Crippen molar-refractivity contribution in [1.82, 2.24) is 0 Å². The second-order valence-electron chi connectivity index (χ2n) is 16.5. The van der Waals surface area contributed by atoms with Gasteiger partial charge in [-0.25, -0.2) is 65.9 Å². The molecule has 0 aromatic heterocycles. The van der Waals surface area contributed by atoms with Gasteiger partial charge in [-0.3, -0.25) is 0 Å². The molecule has 17 heteroatoms. The standard InChI is InChI=1S/C53H37BF15P/c1-4-15-30(16-5-2)36(35-39(55)45(61)51(67)46(62)40(35)56)54(37-41(57)47(63)52(68)48(64)42(37)58,38-43(59)49(65)53(69)50(66)44(38)60)27-34(29-25-23-28(3)24-26-29)70(31-17-9-6-10-18-31,32-19-11-7-12-20-32)33-21-13-8-14-22-33/h6-14,17-27H,4-5,15-16H2,1-3H3/b34-27+. The average molecular weight is 1000 g/mol. The molecule has 0 fully saturated rings. The molecule has 0 spiro atoms. The monoisotopic (exact) mass is 1000 g/mol. The lowest BCUT2D eigenvalue weighted by atomic mass is 9.13. The maximum Gasteiger partial charge on any atom is 0.200 e. The lowest BCUT2D eigenvalue weighted by Gasteiger charge is -2.46. The summed E-state index contributed by atoms with van der Waals surface area (Å²) < 4.78 is 247. The van der Waals surface area contributed by atoms with E-state index >= 15 is 65.9 Å². The van der Waals surface area contributed by atoms with Crippen LogP contribution in [0.3, 0.4) is 0 Å². The van der Waals surface area contributed by atoms with Crippen LogP contribution in [0, 0.1) is 94.2 Å². The summed E-state index contributed by atoms with van der Waals surface area (Å²) in [5, 5.41) is 0.325. The van der Waals surface area contributed by atoms with Gasteiger partial charge in [0.1, 0.15) is 52.6 Å². The molecule has 362 valence electrons. The van der Waals surface area contributed by atoms with Crippen molar-refractivity contribution >= 4 is 51.0 Å². The minimum absolute atomic E-state index is 0.126. The first kappa shape index (κ1) is 51.3. The summed E-state index contributed by atoms with van der Waals surface area (Å²) in [4.78, 5) is 0. The fourth-order valence-electron chi connectivity index (χ4n) is 9.47. The number of hydrogen-bond acceptors (Lipinski definition) is 0. The van der Waals surface area contributed by atoms with E-state index in [0.717, 1.165) is 0 Å². The average Bonchev–Trinajstić information content (AvgIpc) is 3.37. The highest BCUT2D eigenvalue weighted by atomic mass is 31.2. The Morgan fingerprint density at radius 1 is 0.400 bits per heavy atom. The van der Waals surface area contributed by atoms with Crippen LogP contribution < -0.4 is 26.8 Å². The van der Waals surface area contributed by atoms with E-state index in [4.69, 9.17) is 0 Å². The van der Waals surface area contributed by atoms with Crippen LogP contribution in [0.2, 0.25) is 0 Å². The van der Waals surface area contributed by atoms with Crippen molar-refractivity contribution in [3.8, 4) is 0 Å². The van der Waals surface area contributed by atoms with E-state index in [-0.39, 0.29) is 34.3 Å². The molecule has 7 rings (SSSR count). The molecule has 0 aliphatic carbocycles. The third kappa shape index (κ3) is 8.31. The number of allylic oxidation sites excluding steroid dienone is 1. The van der Waals surface area contributed by atoms with Gasteiger partial charge in [-0.1, -0.05) is 111 Å². The second-order valence-corrected chi connectivity index (χ2v) is 19.8. The summed E-state index contributed by atoms with van der Waals surface area (Å²) in [5.74, 6) is -42.8. The van der Waals surface area contributed by atoms with Crippen molar-refractivity contribution in [2.45, 2.75) is 46.5 Å². The first-order valence-corrected chi connectivity index (χ1v) is 23.4. The normalized spacial score (nSPS) is 12.2. The van der Waals surface area contributed by atoms with Crippen LogP contribution >= 0.6 is 7.26 Å². The van der Waals surface area contributed by atoms with Crippen molar-refractivity contribution in [2.24, 2.45) is 0 Å². The summed E-state index contributed by atoms with van der Waals surface area (Å²) in [5.41, 5.74) is -9.05. The maximum absolute atomic E-state index is 17.6. The third-order valence-corrected chi connectivity index (χ3v) is 16.7. The molecule has 0 saturated carbocycles. The highest BCUT2D eigenvalue weighted by Crippen LogP contribution is 2.67. The Kier molecular flexibility index (Phi) is 15.0. The molecule has 0 nitrogen and oxygen atoms in total. The van der Waals surface area contributed by atoms with E-state index in [9.17, 15) is 0 Å². The Morgan fingerprint density at radius 3 is 1.01 bits per heavy atom. The molecule has 0 atom stereocenters. The summed E-state index contributed by atoms with van der Waals surface area (Å²) >= 11 is 0. The zero-order valence-electron chi connectivity index (χ0n) is 37.1. The SMILES string of the molecule is CCCC(CCC)=C(c1c(F)c(F)c(F)c(F)c1F)[B-](/C=C(\c1ccc(C)cc1)[P+](c1ccccc1)(c1ccccc1)c1ccccc1)(c1c(F)c(F)c(F)c(F)c1F)c1c(F)c(F)c(F)c(F)c1F. The van der Waals surface area contributed by atoms with Crippen LogP contribution in [-0.4, -0.2) is 6.15 Å². The number of aryl methyl sites for hydroxylation is 1. The summed E-state index contributed by atoms with van der Waals surface area (Å²) in [6.07, 6.45) is -7.51. The first-order valence-electron chi connectivity index (χ1n) is 21.6. The van der Waals surface area contributed by atoms with Gasteiger partial charge in [-0.2, -0.15) is 11.4 Å². The lowest BCUT2D eigenvalue weighted by molar-refractivity contribution is 0.376. The van der Waals surface area contributed by atoms with E-state index in [2.05, 4.69) is 0 Å². The molecule has 7 aromatic rings. The minimum Gasteiger partial charge on any atom is -0.207 e. The molecule has 70 heavy (non-hydrogen) atoms. The van der Waals surface area contributed by atoms with Crippen LogP contribution in [0.1, 0.15) is 56.2 Å². The Bertz CT molecular complexity index is 2920. The van der Waals surface area contributed by atoms with Crippen molar-refractivity contribution in [3.05, 3.63) is 231 Å². The van der Waals surface area contributed by atoms with Gasteiger partial charge in [0.05, 0.1) is 5.31 Å². The molecule has 0 radical (unpaired) electrons. The Morgan fingerprint density at radius 2 is 0.700 bits per heavy atom. The predicted molar refractivity (Wildman–Crippen MR) is 245 cm³/mol. The fraction of sp³-hybridized carbons (Fsp3) is 0.132. The van der Waals surface area contributed by atoms with Gasteiger partial charge in [-0.15, -0.1) is 16.5 Å². The van der Waals surface area contributed by atoms with Gasteiger partial charge >= 0.3 is 0 Å². The van der Waals surface area contributed by atoms with Gasteiger partial charge in [0.2, 0.25) is 5.82 Å². The number of rotatable bonds is 14. The molecule has 0 amide bonds. The summed E-state index contributed by atoms with van der Waals surface area (Å²) in [6.45, 7) is 4.37. The van der Waals surface area contributed by atoms with Crippen LogP contribution in [0.15, 0.2) is 127 Å². The topological polar surface area (TPSA) is 0 Å². The molecular weight excluding hydrogens is 963 g/mol. The Hall–Kier alpha value is -6.54. The highest BCUT2D eigenvalue weighted by molar-refractivity contribution is 8.03. The van der Waals surface area contributed by atoms with Crippen molar-refractivity contribution in [3.63, 3.8) is 0 Å². The number of hydrogen-bond donors (Lipinski definition) is 0. The largest absolute Gasteiger partial charge is 0.207 e. The Balaban J connectivity index is 2.03. The molecular formula is C53H37BF15P. The van der Waals surface area contributed by atoms with E-state index in [1.165, 1.54) is 74.5 Å². The predicted octanol–water partition coefficient (Wildman–Crippen LogP) is 13.8.